The fraction of sp³-hybridized carbons (Fsp3) is 1.00. The van der Waals surface area contributed by atoms with Crippen molar-refractivity contribution in [3.63, 3.8) is 0 Å². The van der Waals surface area contributed by atoms with Crippen molar-refractivity contribution >= 4 is 0 Å². The minimum atomic E-state index is -1.44. The summed E-state index contributed by atoms with van der Waals surface area (Å²) < 4.78 is 13.2. The molecule has 0 unspecified atom stereocenters. The minimum Gasteiger partial charge on any atom is -0.392 e. The predicted molar refractivity (Wildman–Crippen MR) is 122 cm³/mol. The second kappa shape index (κ2) is 7.17. The summed E-state index contributed by atoms with van der Waals surface area (Å²) in [6.45, 7) is 9.85. The zero-order valence-electron chi connectivity index (χ0n) is 20.7. The van der Waals surface area contributed by atoms with Gasteiger partial charge in [-0.1, -0.05) is 27.7 Å². The Morgan fingerprint density at radius 3 is 2.33 bits per heavy atom. The van der Waals surface area contributed by atoms with Crippen molar-refractivity contribution in [2.45, 2.75) is 115 Å². The molecule has 6 fully saturated rings. The number of hydrogen-bond acceptors (Lipinski definition) is 6. The van der Waals surface area contributed by atoms with Gasteiger partial charge in [-0.05, 0) is 73.5 Å². The third-order valence-electron chi connectivity index (χ3n) is 12.3. The van der Waals surface area contributed by atoms with E-state index >= 15 is 0 Å². The molecule has 14 atom stereocenters. The smallest absolute Gasteiger partial charge is 0.171 e. The third-order valence-corrected chi connectivity index (χ3v) is 12.3. The minimum absolute atomic E-state index is 0.134. The lowest BCUT2D eigenvalue weighted by atomic mass is 9.41. The van der Waals surface area contributed by atoms with E-state index in [0.29, 0.717) is 36.0 Å². The molecule has 0 aromatic rings. The van der Waals surface area contributed by atoms with E-state index in [9.17, 15) is 20.4 Å². The second-order valence-corrected chi connectivity index (χ2v) is 13.4. The Morgan fingerprint density at radius 2 is 1.64 bits per heavy atom. The van der Waals surface area contributed by atoms with Gasteiger partial charge in [0.2, 0.25) is 0 Å². The van der Waals surface area contributed by atoms with Crippen LogP contribution in [-0.4, -0.2) is 62.8 Å². The quantitative estimate of drug-likeness (QED) is 0.440. The van der Waals surface area contributed by atoms with Crippen molar-refractivity contribution in [3.05, 3.63) is 0 Å². The summed E-state index contributed by atoms with van der Waals surface area (Å²) in [6.07, 6.45) is 3.73. The molecule has 6 rings (SSSR count). The van der Waals surface area contributed by atoms with Crippen LogP contribution in [-0.2, 0) is 9.47 Å². The lowest BCUT2D eigenvalue weighted by Gasteiger charge is -2.66. The maximum atomic E-state index is 11.7. The van der Waals surface area contributed by atoms with Crippen molar-refractivity contribution in [1.82, 2.24) is 0 Å². The highest BCUT2D eigenvalue weighted by Gasteiger charge is 2.73. The van der Waals surface area contributed by atoms with E-state index in [0.717, 1.165) is 45.1 Å². The summed E-state index contributed by atoms with van der Waals surface area (Å²) in [6, 6.07) is 0. The van der Waals surface area contributed by atoms with Gasteiger partial charge < -0.3 is 29.9 Å². The van der Waals surface area contributed by atoms with Crippen molar-refractivity contribution in [2.75, 3.05) is 6.61 Å². The molecule has 0 aromatic carbocycles. The van der Waals surface area contributed by atoms with Gasteiger partial charge >= 0.3 is 0 Å². The molecule has 6 heteroatoms. The largest absolute Gasteiger partial charge is 0.392 e. The van der Waals surface area contributed by atoms with Crippen molar-refractivity contribution in [1.29, 1.82) is 0 Å². The number of aliphatic hydroxyl groups is 4. The third kappa shape index (κ3) is 2.72. The van der Waals surface area contributed by atoms with Crippen LogP contribution < -0.4 is 0 Å². The van der Waals surface area contributed by atoms with E-state index in [2.05, 4.69) is 20.8 Å². The summed E-state index contributed by atoms with van der Waals surface area (Å²) in [4.78, 5) is 0. The lowest BCUT2D eigenvalue weighted by molar-refractivity contribution is -0.301. The average molecular weight is 465 g/mol. The molecule has 6 aliphatic rings. The first kappa shape index (κ1) is 23.2. The maximum absolute atomic E-state index is 11.7. The molecule has 4 saturated carbocycles. The number of ether oxygens (including phenoxy) is 2. The first-order valence-corrected chi connectivity index (χ1v) is 13.6. The van der Waals surface area contributed by atoms with E-state index in [-0.39, 0.29) is 23.9 Å². The first-order chi connectivity index (χ1) is 15.5. The van der Waals surface area contributed by atoms with Gasteiger partial charge in [-0.3, -0.25) is 0 Å². The molecule has 1 spiro atoms. The van der Waals surface area contributed by atoms with Gasteiger partial charge in [0, 0.05) is 24.2 Å². The molecule has 188 valence electrons. The van der Waals surface area contributed by atoms with Gasteiger partial charge in [-0.15, -0.1) is 0 Å². The Balaban J connectivity index is 1.30. The molecule has 4 N–H and O–H groups in total. The Kier molecular flexibility index (Phi) is 5.03. The molecule has 2 aliphatic heterocycles. The summed E-state index contributed by atoms with van der Waals surface area (Å²) in [5.41, 5.74) is -2.07. The predicted octanol–water partition coefficient (Wildman–Crippen LogP) is 2.85. The molecular weight excluding hydrogens is 420 g/mol. The Bertz CT molecular complexity index is 795. The molecule has 6 nitrogen and oxygen atoms in total. The maximum Gasteiger partial charge on any atom is 0.171 e. The highest BCUT2D eigenvalue weighted by Crippen LogP contribution is 2.71. The van der Waals surface area contributed by atoms with Crippen LogP contribution in [0.5, 0.6) is 0 Å². The zero-order chi connectivity index (χ0) is 23.6. The Labute approximate surface area is 198 Å². The molecule has 33 heavy (non-hydrogen) atoms. The number of hydrogen-bond donors (Lipinski definition) is 4. The fourth-order valence-electron chi connectivity index (χ4n) is 10.4. The number of aliphatic hydroxyl groups excluding tert-OH is 3. The molecule has 0 aromatic heterocycles. The second-order valence-electron chi connectivity index (χ2n) is 13.4. The summed E-state index contributed by atoms with van der Waals surface area (Å²) in [5, 5.41) is 44.0. The summed E-state index contributed by atoms with van der Waals surface area (Å²) in [5.74, 6) is 2.07. The van der Waals surface area contributed by atoms with Crippen LogP contribution in [0.2, 0.25) is 0 Å². The molecule has 0 amide bonds. The molecule has 4 aliphatic carbocycles. The molecular formula is C27H44O6. The van der Waals surface area contributed by atoms with E-state index in [1.807, 2.05) is 6.92 Å². The number of rotatable bonds is 0. The van der Waals surface area contributed by atoms with Gasteiger partial charge in [0.25, 0.3) is 0 Å². The Hall–Kier alpha value is -0.240. The fourth-order valence-corrected chi connectivity index (χ4v) is 10.4. The topological polar surface area (TPSA) is 99.4 Å². The summed E-state index contributed by atoms with van der Waals surface area (Å²) in [7, 11) is 0. The van der Waals surface area contributed by atoms with Gasteiger partial charge in [0.15, 0.2) is 5.79 Å². The normalized spacial score (nSPS) is 64.7. The van der Waals surface area contributed by atoms with Crippen LogP contribution >= 0.6 is 0 Å². The van der Waals surface area contributed by atoms with Crippen LogP contribution in [0.4, 0.5) is 0 Å². The molecule has 2 heterocycles. The van der Waals surface area contributed by atoms with Gasteiger partial charge in [-0.2, -0.15) is 0 Å². The van der Waals surface area contributed by atoms with Crippen LogP contribution in [0.15, 0.2) is 0 Å². The van der Waals surface area contributed by atoms with Crippen molar-refractivity contribution < 1.29 is 29.9 Å². The van der Waals surface area contributed by atoms with Gasteiger partial charge in [0.05, 0.1) is 24.9 Å². The van der Waals surface area contributed by atoms with Crippen LogP contribution in [0.25, 0.3) is 0 Å². The van der Waals surface area contributed by atoms with E-state index in [1.165, 1.54) is 0 Å². The highest BCUT2D eigenvalue weighted by molar-refractivity contribution is 5.21. The van der Waals surface area contributed by atoms with E-state index in [4.69, 9.17) is 9.47 Å². The van der Waals surface area contributed by atoms with E-state index < -0.39 is 35.1 Å². The number of fused-ring (bicyclic) bond motifs is 7. The average Bonchev–Trinajstić information content (AvgIpc) is 3.22. The van der Waals surface area contributed by atoms with Gasteiger partial charge in [-0.25, -0.2) is 0 Å². The molecule has 2 saturated heterocycles. The SMILES string of the molecule is C[C@H]1CC[C@@]2(OC1)O[C@H]1C[C@H]3[C@@H]4CC[C@]5(O)[C@@H](O)[C@@H](O)C[C@@H](O)[C@]5(C)[C@H]4CC[C@]3(C)[C@H]1[C@@H]2C. The first-order valence-electron chi connectivity index (χ1n) is 13.6. The standard InChI is InChI=1S/C27H44O6/c1-14-5-10-27(32-13-14)15(2)22-20(33-27)11-18-16-6-9-26(31)23(30)19(28)12-21(29)25(26,4)17(16)7-8-24(18,22)3/h14-23,28-31H,5-13H2,1-4H3/t14-,15-,16+,17-,18-,19-,20-,21+,22-,23-,24-,25-,26-,27+/m0/s1. The monoisotopic (exact) mass is 464 g/mol. The van der Waals surface area contributed by atoms with Crippen LogP contribution in [0.3, 0.4) is 0 Å². The Morgan fingerprint density at radius 1 is 0.879 bits per heavy atom. The molecule has 0 bridgehead atoms. The highest BCUT2D eigenvalue weighted by atomic mass is 16.7. The van der Waals surface area contributed by atoms with Crippen LogP contribution in [0.1, 0.15) is 79.1 Å². The lowest BCUT2D eigenvalue weighted by Crippen LogP contribution is -2.73. The van der Waals surface area contributed by atoms with E-state index in [1.54, 1.807) is 0 Å². The van der Waals surface area contributed by atoms with Crippen molar-refractivity contribution in [2.24, 2.45) is 46.3 Å². The van der Waals surface area contributed by atoms with Crippen LogP contribution in [0, 0.1) is 46.3 Å². The van der Waals surface area contributed by atoms with Gasteiger partial charge in [0.1, 0.15) is 11.7 Å². The van der Waals surface area contributed by atoms with Crippen molar-refractivity contribution in [3.8, 4) is 0 Å². The molecule has 0 radical (unpaired) electrons. The zero-order valence-corrected chi connectivity index (χ0v) is 20.7. The summed E-state index contributed by atoms with van der Waals surface area (Å²) >= 11 is 0.